The van der Waals surface area contributed by atoms with Crippen molar-refractivity contribution in [3.05, 3.63) is 21.6 Å². The molecule has 0 atom stereocenters. The van der Waals surface area contributed by atoms with Gasteiger partial charge in [0.25, 0.3) is 0 Å². The molecular formula is C18H34BI. The summed E-state index contributed by atoms with van der Waals surface area (Å²) in [5, 5.41) is 0.321. The van der Waals surface area contributed by atoms with E-state index in [1.165, 1.54) is 42.0 Å². The molecule has 0 aromatic carbocycles. The number of hydrogen-bond acceptors (Lipinski definition) is 0. The standard InChI is InChI=1S/C18H34BI/c1-7-9-11-13-15-19(18(5,6)16(3)4)17(20)14-12-10-8-2/h13-16H,7-12H2,1-6H3/b15-13+,17-14-. The Hall–Kier alpha value is 0.275. The lowest BCUT2D eigenvalue weighted by Crippen LogP contribution is -2.31. The summed E-state index contributed by atoms with van der Waals surface area (Å²) in [6.45, 7) is 14.6. The van der Waals surface area contributed by atoms with Crippen molar-refractivity contribution < 1.29 is 0 Å². The molecule has 0 spiro atoms. The van der Waals surface area contributed by atoms with Gasteiger partial charge in [0.1, 0.15) is 0 Å². The minimum atomic E-state index is 0.321. The van der Waals surface area contributed by atoms with Gasteiger partial charge in [0, 0.05) is 0 Å². The van der Waals surface area contributed by atoms with Crippen molar-refractivity contribution in [2.24, 2.45) is 5.92 Å². The Bertz CT molecular complexity index is 303. The van der Waals surface area contributed by atoms with E-state index in [9.17, 15) is 0 Å². The Balaban J connectivity index is 4.96. The zero-order valence-electron chi connectivity index (χ0n) is 14.5. The predicted molar refractivity (Wildman–Crippen MR) is 105 cm³/mol. The van der Waals surface area contributed by atoms with E-state index in [1.54, 1.807) is 0 Å². The summed E-state index contributed by atoms with van der Waals surface area (Å²) in [5.41, 5.74) is 0. The van der Waals surface area contributed by atoms with Crippen molar-refractivity contribution in [1.29, 1.82) is 0 Å². The van der Waals surface area contributed by atoms with Crippen molar-refractivity contribution in [3.63, 3.8) is 0 Å². The van der Waals surface area contributed by atoms with Crippen molar-refractivity contribution in [2.75, 3.05) is 0 Å². The van der Waals surface area contributed by atoms with Crippen LogP contribution in [0.4, 0.5) is 0 Å². The molecule has 0 bridgehead atoms. The number of halogens is 1. The van der Waals surface area contributed by atoms with Gasteiger partial charge in [-0.3, -0.25) is 0 Å². The first kappa shape index (κ1) is 20.3. The van der Waals surface area contributed by atoms with Gasteiger partial charge in [-0.2, -0.15) is 0 Å². The monoisotopic (exact) mass is 388 g/mol. The molecule has 0 amide bonds. The second kappa shape index (κ2) is 10.9. The van der Waals surface area contributed by atoms with Gasteiger partial charge in [0.05, 0.1) is 0 Å². The van der Waals surface area contributed by atoms with E-state index in [0.717, 1.165) is 0 Å². The lowest BCUT2D eigenvalue weighted by Gasteiger charge is -2.34. The molecule has 0 aliphatic carbocycles. The first-order valence-electron chi connectivity index (χ1n) is 8.40. The highest BCUT2D eigenvalue weighted by Crippen LogP contribution is 2.42. The smallest absolute Gasteiger partial charge is 0.113 e. The van der Waals surface area contributed by atoms with Crippen LogP contribution >= 0.6 is 22.6 Å². The van der Waals surface area contributed by atoms with E-state index in [4.69, 9.17) is 0 Å². The Morgan fingerprint density at radius 3 is 2.15 bits per heavy atom. The van der Waals surface area contributed by atoms with Crippen LogP contribution in [0.1, 0.15) is 80.1 Å². The summed E-state index contributed by atoms with van der Waals surface area (Å²) >= 11 is 2.57. The van der Waals surface area contributed by atoms with Crippen LogP contribution in [0.5, 0.6) is 0 Å². The molecule has 0 unspecified atom stereocenters. The molecule has 0 heterocycles. The van der Waals surface area contributed by atoms with Gasteiger partial charge in [0.2, 0.25) is 6.71 Å². The maximum Gasteiger partial charge on any atom is 0.214 e. The summed E-state index contributed by atoms with van der Waals surface area (Å²) < 4.78 is 1.53. The van der Waals surface area contributed by atoms with Crippen LogP contribution < -0.4 is 0 Å². The minimum Gasteiger partial charge on any atom is -0.113 e. The topological polar surface area (TPSA) is 0 Å². The van der Waals surface area contributed by atoms with Crippen LogP contribution in [0, 0.1) is 5.92 Å². The van der Waals surface area contributed by atoms with E-state index in [2.05, 4.69) is 82.3 Å². The summed E-state index contributed by atoms with van der Waals surface area (Å²) in [7, 11) is 0. The molecule has 2 heteroatoms. The van der Waals surface area contributed by atoms with Crippen LogP contribution in [0.2, 0.25) is 5.31 Å². The molecule has 0 saturated heterocycles. The van der Waals surface area contributed by atoms with E-state index >= 15 is 0 Å². The van der Waals surface area contributed by atoms with Gasteiger partial charge in [-0.1, -0.05) is 102 Å². The Morgan fingerprint density at radius 1 is 1.10 bits per heavy atom. The lowest BCUT2D eigenvalue weighted by molar-refractivity contribution is 0.471. The molecule has 0 N–H and O–H groups in total. The Kier molecular flexibility index (Phi) is 11.1. The van der Waals surface area contributed by atoms with Crippen LogP contribution in [-0.4, -0.2) is 6.71 Å². The van der Waals surface area contributed by atoms with Gasteiger partial charge in [-0.25, -0.2) is 0 Å². The van der Waals surface area contributed by atoms with Crippen molar-refractivity contribution in [1.82, 2.24) is 0 Å². The van der Waals surface area contributed by atoms with E-state index in [1.807, 2.05) is 0 Å². The molecule has 0 aromatic heterocycles. The molecule has 0 aliphatic heterocycles. The fourth-order valence-corrected chi connectivity index (χ4v) is 3.50. The second-order valence-electron chi connectivity index (χ2n) is 6.76. The molecule has 0 nitrogen and oxygen atoms in total. The third-order valence-corrected chi connectivity index (χ3v) is 5.65. The average Bonchev–Trinajstić information content (AvgIpc) is 2.38. The number of allylic oxidation sites excluding steroid dienone is 2. The molecule has 0 saturated carbocycles. The Labute approximate surface area is 142 Å². The van der Waals surface area contributed by atoms with Crippen molar-refractivity contribution in [3.8, 4) is 0 Å². The van der Waals surface area contributed by atoms with Crippen LogP contribution in [0.25, 0.3) is 0 Å². The normalized spacial score (nSPS) is 13.5. The number of rotatable bonds is 10. The second-order valence-corrected chi connectivity index (χ2v) is 8.00. The summed E-state index contributed by atoms with van der Waals surface area (Å²) in [6.07, 6.45) is 12.5. The van der Waals surface area contributed by atoms with E-state index in [-0.39, 0.29) is 0 Å². The molecule has 0 aliphatic rings. The SMILES string of the molecule is CCCC/C=C(\I)B(/C=C/CCCC)C(C)(C)C(C)C. The molecule has 116 valence electrons. The third-order valence-electron chi connectivity index (χ3n) is 4.54. The van der Waals surface area contributed by atoms with Crippen LogP contribution in [0.15, 0.2) is 21.6 Å². The van der Waals surface area contributed by atoms with Crippen LogP contribution in [-0.2, 0) is 0 Å². The number of unbranched alkanes of at least 4 members (excludes halogenated alkanes) is 4. The van der Waals surface area contributed by atoms with Gasteiger partial charge >= 0.3 is 0 Å². The van der Waals surface area contributed by atoms with E-state index < -0.39 is 0 Å². The first-order chi connectivity index (χ1) is 9.37. The van der Waals surface area contributed by atoms with Gasteiger partial charge in [-0.05, 0) is 27.6 Å². The molecule has 0 aromatic rings. The van der Waals surface area contributed by atoms with Crippen LogP contribution in [0.3, 0.4) is 0 Å². The maximum atomic E-state index is 2.57. The van der Waals surface area contributed by atoms with Gasteiger partial charge in [-0.15, -0.1) is 5.98 Å². The molecular weight excluding hydrogens is 354 g/mol. The van der Waals surface area contributed by atoms with Crippen molar-refractivity contribution in [2.45, 2.75) is 85.4 Å². The van der Waals surface area contributed by atoms with Crippen molar-refractivity contribution >= 4 is 29.3 Å². The summed E-state index contributed by atoms with van der Waals surface area (Å²) in [5.74, 6) is 3.16. The largest absolute Gasteiger partial charge is 0.214 e. The quantitative estimate of drug-likeness (QED) is 0.210. The third kappa shape index (κ3) is 7.33. The zero-order valence-corrected chi connectivity index (χ0v) is 16.7. The first-order valence-corrected chi connectivity index (χ1v) is 9.47. The molecule has 0 radical (unpaired) electrons. The predicted octanol–water partition coefficient (Wildman–Crippen LogP) is 7.25. The molecule has 20 heavy (non-hydrogen) atoms. The zero-order chi connectivity index (χ0) is 15.6. The highest BCUT2D eigenvalue weighted by Gasteiger charge is 2.35. The average molecular weight is 388 g/mol. The fourth-order valence-electron chi connectivity index (χ4n) is 2.18. The fraction of sp³-hybridized carbons (Fsp3) is 0.778. The highest BCUT2D eigenvalue weighted by molar-refractivity contribution is 14.1. The number of hydrogen-bond donors (Lipinski definition) is 0. The molecule has 0 rings (SSSR count). The Morgan fingerprint density at radius 2 is 1.65 bits per heavy atom. The van der Waals surface area contributed by atoms with Gasteiger partial charge in [0.15, 0.2) is 0 Å². The lowest BCUT2D eigenvalue weighted by atomic mass is 9.31. The highest BCUT2D eigenvalue weighted by atomic mass is 127. The molecule has 0 fully saturated rings. The summed E-state index contributed by atoms with van der Waals surface area (Å²) in [4.78, 5) is 0. The van der Waals surface area contributed by atoms with E-state index in [0.29, 0.717) is 17.9 Å². The minimum absolute atomic E-state index is 0.321. The summed E-state index contributed by atoms with van der Waals surface area (Å²) in [6, 6.07) is 0. The van der Waals surface area contributed by atoms with Gasteiger partial charge < -0.3 is 0 Å². The maximum absolute atomic E-state index is 2.57.